The van der Waals surface area contributed by atoms with Crippen molar-refractivity contribution in [2.24, 2.45) is 0 Å². The molecule has 0 aromatic carbocycles. The Morgan fingerprint density at radius 1 is 1.67 bits per heavy atom. The summed E-state index contributed by atoms with van der Waals surface area (Å²) in [6, 6.07) is 6.80. The summed E-state index contributed by atoms with van der Waals surface area (Å²) in [4.78, 5) is 15.0. The molecule has 0 fully saturated rings. The Morgan fingerprint density at radius 2 is 2.42 bits per heavy atom. The van der Waals surface area contributed by atoms with Gasteiger partial charge in [0.15, 0.2) is 5.78 Å². The number of pyridine rings is 1. The lowest BCUT2D eigenvalue weighted by molar-refractivity contribution is 0.0993. The fraction of sp³-hybridized carbons (Fsp3) is 0.125. The normalized spacial score (nSPS) is 9.00. The first-order valence-electron chi connectivity index (χ1n) is 3.27. The highest BCUT2D eigenvalue weighted by atomic mass is 79.9. The molecular weight excluding hydrogens is 220 g/mol. The van der Waals surface area contributed by atoms with Crippen LogP contribution in [-0.4, -0.2) is 10.8 Å². The van der Waals surface area contributed by atoms with Crippen LogP contribution in [0.2, 0.25) is 0 Å². The van der Waals surface area contributed by atoms with Crippen LogP contribution in [-0.2, 0) is 0 Å². The van der Waals surface area contributed by atoms with Crippen LogP contribution >= 0.6 is 15.9 Å². The molecule has 60 valence electrons. The minimum absolute atomic E-state index is 0.122. The third-order valence-electron chi connectivity index (χ3n) is 1.24. The van der Waals surface area contributed by atoms with Gasteiger partial charge in [-0.05, 0) is 28.1 Å². The van der Waals surface area contributed by atoms with Crippen molar-refractivity contribution in [2.75, 3.05) is 0 Å². The maximum absolute atomic E-state index is 11.1. The van der Waals surface area contributed by atoms with Gasteiger partial charge < -0.3 is 0 Å². The predicted octanol–water partition coefficient (Wildman–Crippen LogP) is 1.94. The van der Waals surface area contributed by atoms with Gasteiger partial charge in [0.1, 0.15) is 16.7 Å². The standard InChI is InChI=1S/C8H5BrN2O/c9-8-3-1-2-6(11-8)7(12)4-5-10/h1-3H,4H2. The van der Waals surface area contributed by atoms with Crippen LogP contribution in [0.4, 0.5) is 0 Å². The SMILES string of the molecule is N#CCC(=O)c1cccc(Br)n1. The van der Waals surface area contributed by atoms with E-state index in [0.717, 1.165) is 0 Å². The van der Waals surface area contributed by atoms with Crippen molar-refractivity contribution < 1.29 is 4.79 Å². The maximum Gasteiger partial charge on any atom is 0.195 e. The summed E-state index contributed by atoms with van der Waals surface area (Å²) in [5.41, 5.74) is 0.325. The van der Waals surface area contributed by atoms with Crippen LogP contribution in [0.5, 0.6) is 0 Å². The first kappa shape index (κ1) is 8.88. The topological polar surface area (TPSA) is 53.8 Å². The average Bonchev–Trinajstić information content (AvgIpc) is 2.05. The van der Waals surface area contributed by atoms with Crippen molar-refractivity contribution in [2.45, 2.75) is 6.42 Å². The molecule has 0 saturated carbocycles. The zero-order chi connectivity index (χ0) is 8.97. The average molecular weight is 225 g/mol. The van der Waals surface area contributed by atoms with Crippen LogP contribution in [0.3, 0.4) is 0 Å². The van der Waals surface area contributed by atoms with Gasteiger partial charge in [-0.15, -0.1) is 0 Å². The molecular formula is C8H5BrN2O. The Morgan fingerprint density at radius 3 is 3.00 bits per heavy atom. The van der Waals surface area contributed by atoms with Gasteiger partial charge in [-0.1, -0.05) is 6.07 Å². The fourth-order valence-corrected chi connectivity index (χ4v) is 1.07. The van der Waals surface area contributed by atoms with Gasteiger partial charge in [0.05, 0.1) is 6.07 Å². The molecule has 12 heavy (non-hydrogen) atoms. The molecule has 0 spiro atoms. The molecule has 4 heteroatoms. The van der Waals surface area contributed by atoms with E-state index in [9.17, 15) is 4.79 Å². The van der Waals surface area contributed by atoms with E-state index in [1.807, 2.05) is 0 Å². The molecule has 0 N–H and O–H groups in total. The van der Waals surface area contributed by atoms with Gasteiger partial charge in [-0.2, -0.15) is 5.26 Å². The molecule has 0 aliphatic heterocycles. The highest BCUT2D eigenvalue weighted by Gasteiger charge is 2.05. The highest BCUT2D eigenvalue weighted by Crippen LogP contribution is 2.07. The van der Waals surface area contributed by atoms with Gasteiger partial charge in [0.25, 0.3) is 0 Å². The Labute approximate surface area is 78.2 Å². The Balaban J connectivity index is 2.90. The van der Waals surface area contributed by atoms with E-state index in [4.69, 9.17) is 5.26 Å². The number of halogens is 1. The smallest absolute Gasteiger partial charge is 0.195 e. The number of carbonyl (C=O) groups excluding carboxylic acids is 1. The quantitative estimate of drug-likeness (QED) is 0.570. The monoisotopic (exact) mass is 224 g/mol. The van der Waals surface area contributed by atoms with Crippen LogP contribution in [0.1, 0.15) is 16.9 Å². The number of Topliss-reactive ketones (excluding diaryl/α,β-unsaturated/α-hetero) is 1. The van der Waals surface area contributed by atoms with E-state index in [2.05, 4.69) is 20.9 Å². The number of hydrogen-bond acceptors (Lipinski definition) is 3. The maximum atomic E-state index is 11.1. The molecule has 0 radical (unpaired) electrons. The van der Waals surface area contributed by atoms with E-state index in [0.29, 0.717) is 10.3 Å². The van der Waals surface area contributed by atoms with Gasteiger partial charge >= 0.3 is 0 Å². The summed E-state index contributed by atoms with van der Waals surface area (Å²) in [5, 5.41) is 8.26. The van der Waals surface area contributed by atoms with Gasteiger partial charge in [0, 0.05) is 0 Å². The lowest BCUT2D eigenvalue weighted by atomic mass is 10.2. The van der Waals surface area contributed by atoms with Gasteiger partial charge in [0.2, 0.25) is 0 Å². The highest BCUT2D eigenvalue weighted by molar-refractivity contribution is 9.10. The molecule has 1 aromatic heterocycles. The number of aromatic nitrogens is 1. The third-order valence-corrected chi connectivity index (χ3v) is 1.68. The van der Waals surface area contributed by atoms with Crippen molar-refractivity contribution in [3.8, 4) is 6.07 Å². The van der Waals surface area contributed by atoms with Crippen molar-refractivity contribution in [3.05, 3.63) is 28.5 Å². The van der Waals surface area contributed by atoms with E-state index < -0.39 is 0 Å². The predicted molar refractivity (Wildman–Crippen MR) is 46.5 cm³/mol. The lowest BCUT2D eigenvalue weighted by Crippen LogP contribution is -2.00. The number of nitriles is 1. The molecule has 0 aliphatic rings. The Hall–Kier alpha value is -1.21. The van der Waals surface area contributed by atoms with Crippen LogP contribution in [0.25, 0.3) is 0 Å². The fourth-order valence-electron chi connectivity index (χ4n) is 0.726. The van der Waals surface area contributed by atoms with Crippen LogP contribution < -0.4 is 0 Å². The summed E-state index contributed by atoms with van der Waals surface area (Å²) in [6.45, 7) is 0. The molecule has 0 bridgehead atoms. The largest absolute Gasteiger partial charge is 0.291 e. The third kappa shape index (κ3) is 2.14. The number of nitrogens with zero attached hydrogens (tertiary/aromatic N) is 2. The zero-order valence-electron chi connectivity index (χ0n) is 6.12. The molecule has 0 aliphatic carbocycles. The van der Waals surface area contributed by atoms with E-state index >= 15 is 0 Å². The van der Waals surface area contributed by atoms with Crippen molar-refractivity contribution in [1.29, 1.82) is 5.26 Å². The van der Waals surface area contributed by atoms with Gasteiger partial charge in [-0.25, -0.2) is 4.98 Å². The molecule has 1 rings (SSSR count). The second-order valence-electron chi connectivity index (χ2n) is 2.10. The molecule has 1 heterocycles. The molecule has 3 nitrogen and oxygen atoms in total. The number of rotatable bonds is 2. The second-order valence-corrected chi connectivity index (χ2v) is 2.92. The number of carbonyl (C=O) groups is 1. The molecule has 0 amide bonds. The van der Waals surface area contributed by atoms with Crippen molar-refractivity contribution >= 4 is 21.7 Å². The van der Waals surface area contributed by atoms with Crippen molar-refractivity contribution in [3.63, 3.8) is 0 Å². The van der Waals surface area contributed by atoms with Gasteiger partial charge in [-0.3, -0.25) is 4.79 Å². The number of ketones is 1. The summed E-state index contributed by atoms with van der Waals surface area (Å²) in [5.74, 6) is -0.251. The molecule has 1 aromatic rings. The Kier molecular flexibility index (Phi) is 2.94. The molecule has 0 saturated heterocycles. The minimum atomic E-state index is -0.251. The summed E-state index contributed by atoms with van der Waals surface area (Å²) < 4.78 is 0.603. The summed E-state index contributed by atoms with van der Waals surface area (Å²) in [7, 11) is 0. The molecule has 0 unspecified atom stereocenters. The number of hydrogen-bond donors (Lipinski definition) is 0. The first-order valence-corrected chi connectivity index (χ1v) is 4.06. The zero-order valence-corrected chi connectivity index (χ0v) is 7.71. The summed E-state index contributed by atoms with van der Waals surface area (Å²) >= 11 is 3.14. The summed E-state index contributed by atoms with van der Waals surface area (Å²) in [6.07, 6.45) is -0.122. The van der Waals surface area contributed by atoms with E-state index in [1.165, 1.54) is 0 Å². The minimum Gasteiger partial charge on any atom is -0.291 e. The van der Waals surface area contributed by atoms with E-state index in [-0.39, 0.29) is 12.2 Å². The lowest BCUT2D eigenvalue weighted by Gasteiger charge is -1.94. The van der Waals surface area contributed by atoms with Crippen LogP contribution in [0.15, 0.2) is 22.8 Å². The van der Waals surface area contributed by atoms with E-state index in [1.54, 1.807) is 24.3 Å². The van der Waals surface area contributed by atoms with Crippen molar-refractivity contribution in [1.82, 2.24) is 4.98 Å². The Bertz CT molecular complexity index is 343. The van der Waals surface area contributed by atoms with Crippen LogP contribution in [0, 0.1) is 11.3 Å². The second kappa shape index (κ2) is 3.98. The first-order chi connectivity index (χ1) is 5.74. The molecule has 0 atom stereocenters.